The average molecular weight is 263 g/mol. The third kappa shape index (κ3) is 2.59. The highest BCUT2D eigenvalue weighted by atomic mass is 35.5. The maximum absolute atomic E-state index is 6.15. The fourth-order valence-electron chi connectivity index (χ4n) is 2.10. The number of benzene rings is 1. The van der Waals surface area contributed by atoms with Crippen LogP contribution in [-0.2, 0) is 6.42 Å². The number of hydrogen-bond donors (Lipinski definition) is 1. The van der Waals surface area contributed by atoms with Gasteiger partial charge < -0.3 is 5.32 Å². The number of nitrogens with one attached hydrogen (secondary N) is 1. The van der Waals surface area contributed by atoms with Crippen molar-refractivity contribution in [2.45, 2.75) is 33.6 Å². The van der Waals surface area contributed by atoms with E-state index in [1.54, 1.807) is 0 Å². The molecule has 0 fully saturated rings. The lowest BCUT2D eigenvalue weighted by Crippen LogP contribution is -2.03. The van der Waals surface area contributed by atoms with Crippen LogP contribution in [0.1, 0.15) is 31.5 Å². The summed E-state index contributed by atoms with van der Waals surface area (Å²) in [5, 5.41) is 5.35. The summed E-state index contributed by atoms with van der Waals surface area (Å²) in [7, 11) is 0. The Morgan fingerprint density at radius 1 is 1.22 bits per heavy atom. The number of hydrogen-bond acceptors (Lipinski definition) is 2. The first kappa shape index (κ1) is 13.2. The molecular formula is C15H19ClN2. The number of aromatic nitrogens is 1. The SMILES string of the molecule is CCCNc1cc(CC)nc2c(C)cc(Cl)cc12. The van der Waals surface area contributed by atoms with E-state index in [4.69, 9.17) is 16.6 Å². The second-order valence-corrected chi connectivity index (χ2v) is 5.00. The van der Waals surface area contributed by atoms with Gasteiger partial charge in [-0.05, 0) is 43.5 Å². The summed E-state index contributed by atoms with van der Waals surface area (Å²) in [6.07, 6.45) is 2.05. The number of halogens is 1. The molecule has 0 saturated heterocycles. The second-order valence-electron chi connectivity index (χ2n) is 4.56. The Kier molecular flexibility index (Phi) is 4.07. The summed E-state index contributed by atoms with van der Waals surface area (Å²) in [5.41, 5.74) is 4.44. The van der Waals surface area contributed by atoms with Crippen LogP contribution in [0.5, 0.6) is 0 Å². The molecule has 2 aromatic rings. The molecule has 0 saturated carbocycles. The topological polar surface area (TPSA) is 24.9 Å². The molecule has 0 aliphatic carbocycles. The van der Waals surface area contributed by atoms with Gasteiger partial charge in [-0.25, -0.2) is 0 Å². The van der Waals surface area contributed by atoms with E-state index >= 15 is 0 Å². The molecule has 2 nitrogen and oxygen atoms in total. The molecule has 3 heteroatoms. The first-order valence-electron chi connectivity index (χ1n) is 6.49. The minimum Gasteiger partial charge on any atom is -0.384 e. The van der Waals surface area contributed by atoms with Crippen molar-refractivity contribution in [3.8, 4) is 0 Å². The Morgan fingerprint density at radius 2 is 2.00 bits per heavy atom. The summed E-state index contributed by atoms with van der Waals surface area (Å²) in [6.45, 7) is 7.32. The standard InChI is InChI=1S/C15H19ClN2/c1-4-6-17-14-9-12(5-2)18-15-10(3)7-11(16)8-13(14)15/h7-9H,4-6H2,1-3H3,(H,17,18). The van der Waals surface area contributed by atoms with Crippen LogP contribution in [0.4, 0.5) is 5.69 Å². The molecule has 0 aliphatic rings. The van der Waals surface area contributed by atoms with Crippen LogP contribution >= 0.6 is 11.6 Å². The molecule has 96 valence electrons. The van der Waals surface area contributed by atoms with E-state index in [0.29, 0.717) is 0 Å². The van der Waals surface area contributed by atoms with E-state index in [0.717, 1.165) is 52.3 Å². The normalized spacial score (nSPS) is 10.9. The fraction of sp³-hybridized carbons (Fsp3) is 0.400. The molecule has 18 heavy (non-hydrogen) atoms. The highest BCUT2D eigenvalue weighted by Gasteiger charge is 2.08. The summed E-state index contributed by atoms with van der Waals surface area (Å²) in [4.78, 5) is 4.70. The van der Waals surface area contributed by atoms with E-state index in [-0.39, 0.29) is 0 Å². The molecule has 1 heterocycles. The average Bonchev–Trinajstić information content (AvgIpc) is 2.36. The minimum absolute atomic E-state index is 0.769. The minimum atomic E-state index is 0.769. The van der Waals surface area contributed by atoms with E-state index in [1.165, 1.54) is 0 Å². The van der Waals surface area contributed by atoms with Crippen molar-refractivity contribution in [1.82, 2.24) is 4.98 Å². The van der Waals surface area contributed by atoms with Gasteiger partial charge in [0.05, 0.1) is 5.52 Å². The Morgan fingerprint density at radius 3 is 2.67 bits per heavy atom. The number of anilines is 1. The van der Waals surface area contributed by atoms with Gasteiger partial charge in [0.1, 0.15) is 0 Å². The Balaban J connectivity index is 2.64. The molecule has 1 aromatic carbocycles. The van der Waals surface area contributed by atoms with Crippen molar-refractivity contribution < 1.29 is 0 Å². The summed E-state index contributed by atoms with van der Waals surface area (Å²) < 4.78 is 0. The van der Waals surface area contributed by atoms with Crippen LogP contribution in [0.25, 0.3) is 10.9 Å². The van der Waals surface area contributed by atoms with Crippen LogP contribution < -0.4 is 5.32 Å². The van der Waals surface area contributed by atoms with Crippen molar-refractivity contribution in [2.75, 3.05) is 11.9 Å². The van der Waals surface area contributed by atoms with Crippen LogP contribution in [-0.4, -0.2) is 11.5 Å². The fourth-order valence-corrected chi connectivity index (χ4v) is 2.37. The van der Waals surface area contributed by atoms with E-state index in [2.05, 4.69) is 32.2 Å². The molecule has 1 N–H and O–H groups in total. The second kappa shape index (κ2) is 5.57. The lowest BCUT2D eigenvalue weighted by Gasteiger charge is -2.12. The molecule has 0 unspecified atom stereocenters. The Hall–Kier alpha value is -1.28. The maximum Gasteiger partial charge on any atom is 0.0756 e. The highest BCUT2D eigenvalue weighted by Crippen LogP contribution is 2.29. The van der Waals surface area contributed by atoms with Crippen molar-refractivity contribution in [3.05, 3.63) is 34.5 Å². The summed E-state index contributed by atoms with van der Waals surface area (Å²) in [5.74, 6) is 0. The van der Waals surface area contributed by atoms with Crippen molar-refractivity contribution in [1.29, 1.82) is 0 Å². The van der Waals surface area contributed by atoms with Gasteiger partial charge >= 0.3 is 0 Å². The van der Waals surface area contributed by atoms with Crippen LogP contribution in [0.15, 0.2) is 18.2 Å². The third-order valence-corrected chi connectivity index (χ3v) is 3.27. The van der Waals surface area contributed by atoms with E-state index < -0.39 is 0 Å². The Labute approximate surface area is 113 Å². The number of aryl methyl sites for hydroxylation is 2. The largest absolute Gasteiger partial charge is 0.384 e. The van der Waals surface area contributed by atoms with Crippen LogP contribution in [0, 0.1) is 6.92 Å². The predicted octanol–water partition coefficient (Wildman–Crippen LogP) is 4.58. The first-order chi connectivity index (χ1) is 8.65. The number of nitrogens with zero attached hydrogens (tertiary/aromatic N) is 1. The van der Waals surface area contributed by atoms with Crippen molar-refractivity contribution >= 4 is 28.2 Å². The summed E-state index contributed by atoms with van der Waals surface area (Å²) >= 11 is 6.15. The molecule has 0 aliphatic heterocycles. The monoisotopic (exact) mass is 262 g/mol. The zero-order chi connectivity index (χ0) is 13.1. The van der Waals surface area contributed by atoms with Crippen LogP contribution in [0.2, 0.25) is 5.02 Å². The number of rotatable bonds is 4. The van der Waals surface area contributed by atoms with Gasteiger partial charge in [-0.15, -0.1) is 0 Å². The molecule has 0 radical (unpaired) electrons. The van der Waals surface area contributed by atoms with Gasteiger partial charge in [0, 0.05) is 28.3 Å². The molecule has 2 rings (SSSR count). The molecule has 0 bridgehead atoms. The van der Waals surface area contributed by atoms with E-state index in [1.807, 2.05) is 12.1 Å². The zero-order valence-corrected chi connectivity index (χ0v) is 11.9. The first-order valence-corrected chi connectivity index (χ1v) is 6.87. The van der Waals surface area contributed by atoms with Gasteiger partial charge in [0.25, 0.3) is 0 Å². The van der Waals surface area contributed by atoms with Gasteiger partial charge in [-0.2, -0.15) is 0 Å². The highest BCUT2D eigenvalue weighted by molar-refractivity contribution is 6.31. The summed E-state index contributed by atoms with van der Waals surface area (Å²) in [6, 6.07) is 6.10. The number of fused-ring (bicyclic) bond motifs is 1. The molecule has 1 aromatic heterocycles. The van der Waals surface area contributed by atoms with E-state index in [9.17, 15) is 0 Å². The smallest absolute Gasteiger partial charge is 0.0756 e. The van der Waals surface area contributed by atoms with Crippen molar-refractivity contribution in [2.24, 2.45) is 0 Å². The molecule has 0 amide bonds. The van der Waals surface area contributed by atoms with Gasteiger partial charge in [0.2, 0.25) is 0 Å². The molecule has 0 atom stereocenters. The third-order valence-electron chi connectivity index (χ3n) is 3.05. The molecular weight excluding hydrogens is 244 g/mol. The predicted molar refractivity (Wildman–Crippen MR) is 79.6 cm³/mol. The lowest BCUT2D eigenvalue weighted by molar-refractivity contribution is 0.977. The Bertz CT molecular complexity index is 564. The maximum atomic E-state index is 6.15. The molecule has 0 spiro atoms. The van der Waals surface area contributed by atoms with Crippen molar-refractivity contribution in [3.63, 3.8) is 0 Å². The quantitative estimate of drug-likeness (QED) is 0.872. The van der Waals surface area contributed by atoms with Gasteiger partial charge in [0.15, 0.2) is 0 Å². The number of pyridine rings is 1. The van der Waals surface area contributed by atoms with Gasteiger partial charge in [-0.1, -0.05) is 25.4 Å². The lowest BCUT2D eigenvalue weighted by atomic mass is 10.1. The van der Waals surface area contributed by atoms with Crippen LogP contribution in [0.3, 0.4) is 0 Å². The van der Waals surface area contributed by atoms with Gasteiger partial charge in [-0.3, -0.25) is 4.98 Å². The zero-order valence-electron chi connectivity index (χ0n) is 11.2.